The lowest BCUT2D eigenvalue weighted by Crippen LogP contribution is -2.29. The third-order valence-corrected chi connectivity index (χ3v) is 5.35. The number of methoxy groups -OCH3 is 1. The van der Waals surface area contributed by atoms with E-state index in [-0.39, 0.29) is 5.56 Å². The number of para-hydroxylation sites is 2. The summed E-state index contributed by atoms with van der Waals surface area (Å²) in [5, 5.41) is 11.8. The first kappa shape index (κ1) is 21.6. The summed E-state index contributed by atoms with van der Waals surface area (Å²) in [5.74, 6) is 1.54. The Bertz CT molecular complexity index is 1010. The first-order chi connectivity index (χ1) is 14.5. The van der Waals surface area contributed by atoms with Gasteiger partial charge in [-0.15, -0.1) is 10.2 Å². The maximum atomic E-state index is 13.8. The van der Waals surface area contributed by atoms with Crippen molar-refractivity contribution in [2.24, 2.45) is 7.05 Å². The van der Waals surface area contributed by atoms with Crippen molar-refractivity contribution < 1.29 is 18.7 Å². The molecule has 0 aliphatic heterocycles. The predicted octanol–water partition coefficient (Wildman–Crippen LogP) is 3.62. The molecule has 1 atom stereocenters. The van der Waals surface area contributed by atoms with E-state index < -0.39 is 17.8 Å². The summed E-state index contributed by atoms with van der Waals surface area (Å²) in [7, 11) is 3.43. The summed E-state index contributed by atoms with van der Waals surface area (Å²) < 4.78 is 26.6. The SMILES string of the molecule is COc1ccccc1OCCSc1nnc(C(C)NC(=O)c2ccccc2F)n1C. The molecule has 158 valence electrons. The number of hydrogen-bond acceptors (Lipinski definition) is 6. The van der Waals surface area contributed by atoms with E-state index >= 15 is 0 Å². The number of benzene rings is 2. The molecule has 1 amide bonds. The standard InChI is InChI=1S/C21H23FN4O3S/c1-14(23-20(27)15-8-4-5-9-16(15)22)19-24-25-21(26(19)2)30-13-12-29-18-11-7-6-10-17(18)28-3/h4-11,14H,12-13H2,1-3H3,(H,23,27). The van der Waals surface area contributed by atoms with Crippen molar-refractivity contribution in [1.82, 2.24) is 20.1 Å². The van der Waals surface area contributed by atoms with Crippen LogP contribution in [0.1, 0.15) is 29.1 Å². The lowest BCUT2D eigenvalue weighted by atomic mass is 10.2. The van der Waals surface area contributed by atoms with Gasteiger partial charge < -0.3 is 19.4 Å². The Balaban J connectivity index is 1.55. The van der Waals surface area contributed by atoms with Gasteiger partial charge in [0.15, 0.2) is 22.5 Å². The number of amides is 1. The first-order valence-electron chi connectivity index (χ1n) is 9.34. The van der Waals surface area contributed by atoms with Gasteiger partial charge in [-0.1, -0.05) is 36.0 Å². The minimum absolute atomic E-state index is 0.00499. The maximum absolute atomic E-state index is 13.8. The molecule has 2 aromatic carbocycles. The fourth-order valence-electron chi connectivity index (χ4n) is 2.84. The van der Waals surface area contributed by atoms with Gasteiger partial charge in [0, 0.05) is 12.8 Å². The number of aromatic nitrogens is 3. The van der Waals surface area contributed by atoms with Crippen molar-refractivity contribution in [3.63, 3.8) is 0 Å². The minimum atomic E-state index is -0.563. The molecule has 1 N–H and O–H groups in total. The molecule has 7 nitrogen and oxygen atoms in total. The third kappa shape index (κ3) is 5.10. The molecule has 0 aliphatic carbocycles. The second-order valence-electron chi connectivity index (χ2n) is 6.42. The van der Waals surface area contributed by atoms with Crippen LogP contribution in [0.25, 0.3) is 0 Å². The number of hydrogen-bond donors (Lipinski definition) is 1. The van der Waals surface area contributed by atoms with Crippen molar-refractivity contribution in [3.05, 3.63) is 65.7 Å². The lowest BCUT2D eigenvalue weighted by Gasteiger charge is -2.14. The Morgan fingerprint density at radius 3 is 2.60 bits per heavy atom. The highest BCUT2D eigenvalue weighted by molar-refractivity contribution is 7.99. The second-order valence-corrected chi connectivity index (χ2v) is 7.48. The monoisotopic (exact) mass is 430 g/mol. The molecule has 1 unspecified atom stereocenters. The molecule has 1 heterocycles. The van der Waals surface area contributed by atoms with Gasteiger partial charge in [-0.3, -0.25) is 4.79 Å². The Morgan fingerprint density at radius 2 is 1.87 bits per heavy atom. The van der Waals surface area contributed by atoms with Crippen LogP contribution in [0.5, 0.6) is 11.5 Å². The number of nitrogens with one attached hydrogen (secondary N) is 1. The third-order valence-electron chi connectivity index (χ3n) is 4.36. The summed E-state index contributed by atoms with van der Waals surface area (Å²) in [6, 6.07) is 12.9. The van der Waals surface area contributed by atoms with Crippen LogP contribution in [0.15, 0.2) is 53.7 Å². The molecule has 3 rings (SSSR count). The molecule has 30 heavy (non-hydrogen) atoms. The Hall–Kier alpha value is -3.07. The highest BCUT2D eigenvalue weighted by atomic mass is 32.2. The molecule has 0 spiro atoms. The second kappa shape index (κ2) is 10.1. The largest absolute Gasteiger partial charge is 0.493 e. The molecule has 0 radical (unpaired) electrons. The van der Waals surface area contributed by atoms with Gasteiger partial charge >= 0.3 is 0 Å². The molecule has 9 heteroatoms. The average Bonchev–Trinajstić information content (AvgIpc) is 3.12. The molecule has 0 saturated carbocycles. The van der Waals surface area contributed by atoms with Crippen LogP contribution >= 0.6 is 11.8 Å². The predicted molar refractivity (Wildman–Crippen MR) is 112 cm³/mol. The van der Waals surface area contributed by atoms with Gasteiger partial charge in [0.2, 0.25) is 0 Å². The zero-order chi connectivity index (χ0) is 21.5. The van der Waals surface area contributed by atoms with Gasteiger partial charge in [-0.25, -0.2) is 4.39 Å². The Labute approximate surface area is 178 Å². The molecular formula is C21H23FN4O3S. The number of ether oxygens (including phenoxy) is 2. The van der Waals surface area contributed by atoms with Crippen LogP contribution in [0, 0.1) is 5.82 Å². The van der Waals surface area contributed by atoms with Gasteiger partial charge in [0.1, 0.15) is 5.82 Å². The van der Waals surface area contributed by atoms with Gasteiger partial charge in [-0.05, 0) is 31.2 Å². The van der Waals surface area contributed by atoms with Gasteiger partial charge in [-0.2, -0.15) is 0 Å². The number of rotatable bonds is 9. The lowest BCUT2D eigenvalue weighted by molar-refractivity contribution is 0.0933. The van der Waals surface area contributed by atoms with E-state index in [1.807, 2.05) is 31.3 Å². The first-order valence-corrected chi connectivity index (χ1v) is 10.3. The molecule has 0 aliphatic rings. The van der Waals surface area contributed by atoms with Crippen LogP contribution in [0.3, 0.4) is 0 Å². The van der Waals surface area contributed by atoms with E-state index in [2.05, 4.69) is 15.5 Å². The van der Waals surface area contributed by atoms with E-state index in [0.29, 0.717) is 34.8 Å². The maximum Gasteiger partial charge on any atom is 0.254 e. The summed E-state index contributed by atoms with van der Waals surface area (Å²) in [6.45, 7) is 2.24. The van der Waals surface area contributed by atoms with Crippen molar-refractivity contribution >= 4 is 17.7 Å². The molecule has 1 aromatic heterocycles. The van der Waals surface area contributed by atoms with Crippen molar-refractivity contribution in [2.45, 2.75) is 18.1 Å². The minimum Gasteiger partial charge on any atom is -0.493 e. The molecule has 3 aromatic rings. The van der Waals surface area contributed by atoms with Crippen LogP contribution in [-0.4, -0.2) is 40.1 Å². The zero-order valence-corrected chi connectivity index (χ0v) is 17.8. The number of halogens is 1. The molecule has 0 fully saturated rings. The summed E-state index contributed by atoms with van der Waals surface area (Å²) >= 11 is 1.49. The van der Waals surface area contributed by atoms with E-state index in [1.54, 1.807) is 30.7 Å². The average molecular weight is 431 g/mol. The van der Waals surface area contributed by atoms with Crippen LogP contribution in [0.2, 0.25) is 0 Å². The van der Waals surface area contributed by atoms with E-state index in [4.69, 9.17) is 9.47 Å². The van der Waals surface area contributed by atoms with Crippen molar-refractivity contribution in [3.8, 4) is 11.5 Å². The summed E-state index contributed by atoms with van der Waals surface area (Å²) in [6.07, 6.45) is 0. The molecular weight excluding hydrogens is 407 g/mol. The van der Waals surface area contributed by atoms with Crippen molar-refractivity contribution in [2.75, 3.05) is 19.5 Å². The normalized spacial score (nSPS) is 11.7. The quantitative estimate of drug-likeness (QED) is 0.413. The fraction of sp³-hybridized carbons (Fsp3) is 0.286. The molecule has 0 saturated heterocycles. The topological polar surface area (TPSA) is 78.3 Å². The number of thioether (sulfide) groups is 1. The highest BCUT2D eigenvalue weighted by Gasteiger charge is 2.20. The summed E-state index contributed by atoms with van der Waals surface area (Å²) in [4.78, 5) is 12.3. The number of carbonyl (C=O) groups is 1. The molecule has 0 bridgehead atoms. The zero-order valence-electron chi connectivity index (χ0n) is 17.0. The van der Waals surface area contributed by atoms with Crippen LogP contribution in [-0.2, 0) is 7.05 Å². The highest BCUT2D eigenvalue weighted by Crippen LogP contribution is 2.26. The number of nitrogens with zero attached hydrogens (tertiary/aromatic N) is 3. The summed E-state index contributed by atoms with van der Waals surface area (Å²) in [5.41, 5.74) is -0.00499. The van der Waals surface area contributed by atoms with Crippen LogP contribution < -0.4 is 14.8 Å². The van der Waals surface area contributed by atoms with E-state index in [9.17, 15) is 9.18 Å². The van der Waals surface area contributed by atoms with Crippen molar-refractivity contribution in [1.29, 1.82) is 0 Å². The van der Waals surface area contributed by atoms with Gasteiger partial charge in [0.05, 0.1) is 25.3 Å². The smallest absolute Gasteiger partial charge is 0.254 e. The van der Waals surface area contributed by atoms with Crippen LogP contribution in [0.4, 0.5) is 4.39 Å². The Morgan fingerprint density at radius 1 is 1.17 bits per heavy atom. The van der Waals surface area contributed by atoms with E-state index in [0.717, 1.165) is 0 Å². The Kier molecular flexibility index (Phi) is 7.29. The fourth-order valence-corrected chi connectivity index (χ4v) is 3.57. The van der Waals surface area contributed by atoms with Gasteiger partial charge in [0.25, 0.3) is 5.91 Å². The number of carbonyl (C=O) groups excluding carboxylic acids is 1. The van der Waals surface area contributed by atoms with E-state index in [1.165, 1.54) is 23.9 Å².